The van der Waals surface area contributed by atoms with Gasteiger partial charge in [0, 0.05) is 5.54 Å². The summed E-state index contributed by atoms with van der Waals surface area (Å²) in [6, 6.07) is -0.542. The molecule has 1 aliphatic heterocycles. The zero-order valence-corrected chi connectivity index (χ0v) is 16.5. The van der Waals surface area contributed by atoms with Crippen LogP contribution >= 0.6 is 0 Å². The van der Waals surface area contributed by atoms with Crippen LogP contribution in [0.1, 0.15) is 31.5 Å². The van der Waals surface area contributed by atoms with Gasteiger partial charge in [-0.2, -0.15) is 14.4 Å². The predicted octanol–water partition coefficient (Wildman–Crippen LogP) is 0.465. The standard InChI is InChI=1S/C17H20N5O5S/c1-10-18-14(27-19-10)9-22-15(23)12-8-11(4-5-13(12)21(3)16(22)24)28(25,26)20-17(2)6-7-17/h4-5,8,12,20H,6-7,9H2,1-3H3/q+1. The normalized spacial score (nSPS) is 23.8. The van der Waals surface area contributed by atoms with E-state index in [4.69, 9.17) is 4.52 Å². The van der Waals surface area contributed by atoms with E-state index in [-0.39, 0.29) is 17.3 Å². The minimum atomic E-state index is -3.76. The highest BCUT2D eigenvalue weighted by atomic mass is 32.2. The van der Waals surface area contributed by atoms with E-state index < -0.39 is 33.4 Å². The van der Waals surface area contributed by atoms with Crippen molar-refractivity contribution in [2.75, 3.05) is 7.05 Å². The molecule has 4 rings (SSSR count). The highest BCUT2D eigenvalue weighted by molar-refractivity contribution is 7.93. The molecule has 0 aromatic carbocycles. The number of sulfonamides is 1. The molecule has 10 nitrogen and oxygen atoms in total. The number of carbonyl (C=O) groups excluding carboxylic acids is 2. The third kappa shape index (κ3) is 3.20. The van der Waals surface area contributed by atoms with Crippen LogP contribution in [0, 0.1) is 12.8 Å². The van der Waals surface area contributed by atoms with Crippen molar-refractivity contribution in [3.05, 3.63) is 34.8 Å². The lowest BCUT2D eigenvalue weighted by atomic mass is 9.94. The minimum absolute atomic E-state index is 0.0130. The predicted molar refractivity (Wildman–Crippen MR) is 96.6 cm³/mol. The van der Waals surface area contributed by atoms with Crippen LogP contribution in [0.4, 0.5) is 4.79 Å². The number of hydrogen-bond donors (Lipinski definition) is 1. The molecule has 1 atom stereocenters. The molecule has 1 saturated carbocycles. The maximum atomic E-state index is 13.0. The van der Waals surface area contributed by atoms with Crippen molar-refractivity contribution >= 4 is 27.7 Å². The van der Waals surface area contributed by atoms with Gasteiger partial charge in [0.15, 0.2) is 12.4 Å². The second-order valence-corrected chi connectivity index (χ2v) is 9.15. The fourth-order valence-electron chi connectivity index (χ4n) is 3.19. The molecule has 0 spiro atoms. The van der Waals surface area contributed by atoms with Crippen molar-refractivity contribution in [3.63, 3.8) is 0 Å². The van der Waals surface area contributed by atoms with Crippen LogP contribution in [0.15, 0.2) is 27.7 Å². The van der Waals surface area contributed by atoms with Crippen LogP contribution in [0.2, 0.25) is 0 Å². The third-order valence-electron chi connectivity index (χ3n) is 5.06. The quantitative estimate of drug-likeness (QED) is 0.704. The Hall–Kier alpha value is -2.66. The average Bonchev–Trinajstić information content (AvgIpc) is 3.20. The van der Waals surface area contributed by atoms with Crippen LogP contribution in [-0.4, -0.2) is 58.3 Å². The van der Waals surface area contributed by atoms with Crippen molar-refractivity contribution in [3.8, 4) is 0 Å². The number of nitrogens with one attached hydrogen (secondary N) is 1. The van der Waals surface area contributed by atoms with Gasteiger partial charge in [0.25, 0.3) is 5.89 Å². The summed E-state index contributed by atoms with van der Waals surface area (Å²) in [5, 5.41) is 3.65. The molecule has 1 fully saturated rings. The maximum absolute atomic E-state index is 13.0. The van der Waals surface area contributed by atoms with Crippen molar-refractivity contribution in [2.45, 2.75) is 38.8 Å². The second kappa shape index (κ2) is 6.17. The van der Waals surface area contributed by atoms with E-state index in [0.717, 1.165) is 17.7 Å². The minimum Gasteiger partial charge on any atom is -0.335 e. The smallest absolute Gasteiger partial charge is 0.335 e. The number of carbonyl (C=O) groups is 2. The lowest BCUT2D eigenvalue weighted by Gasteiger charge is -2.26. The zero-order valence-electron chi connectivity index (χ0n) is 15.7. The number of aromatic nitrogens is 2. The molecular formula is C17H20N5O5S+. The van der Waals surface area contributed by atoms with Gasteiger partial charge in [-0.1, -0.05) is 5.16 Å². The van der Waals surface area contributed by atoms with Gasteiger partial charge in [-0.05, 0) is 44.9 Å². The van der Waals surface area contributed by atoms with Crippen molar-refractivity contribution in [1.29, 1.82) is 0 Å². The van der Waals surface area contributed by atoms with Gasteiger partial charge in [-0.3, -0.25) is 0 Å². The molecular weight excluding hydrogens is 386 g/mol. The summed E-state index contributed by atoms with van der Waals surface area (Å²) in [5.41, 5.74) is -0.00702. The Morgan fingerprint density at radius 3 is 2.68 bits per heavy atom. The molecule has 28 heavy (non-hydrogen) atoms. The molecule has 3 aliphatic rings. The topological polar surface area (TPSA) is 125 Å². The summed E-state index contributed by atoms with van der Waals surface area (Å²) in [5.74, 6) is -0.914. The fourth-order valence-corrected chi connectivity index (χ4v) is 4.72. The van der Waals surface area contributed by atoms with Crippen LogP contribution in [-0.2, 0) is 21.4 Å². The van der Waals surface area contributed by atoms with E-state index in [1.807, 2.05) is 6.92 Å². The molecule has 2 aliphatic carbocycles. The summed E-state index contributed by atoms with van der Waals surface area (Å²) in [4.78, 5) is 30.6. The van der Waals surface area contributed by atoms with E-state index in [9.17, 15) is 18.0 Å². The molecule has 1 aromatic rings. The largest absolute Gasteiger partial charge is 0.501 e. The number of nitrogens with zero attached hydrogens (tertiary/aromatic N) is 4. The number of aryl methyl sites for hydroxylation is 1. The van der Waals surface area contributed by atoms with Crippen molar-refractivity contribution in [1.82, 2.24) is 19.8 Å². The van der Waals surface area contributed by atoms with Gasteiger partial charge < -0.3 is 4.52 Å². The highest BCUT2D eigenvalue weighted by Gasteiger charge is 2.48. The Labute approximate surface area is 161 Å². The number of urea groups is 1. The van der Waals surface area contributed by atoms with Gasteiger partial charge in [0.05, 0.1) is 12.0 Å². The summed E-state index contributed by atoms with van der Waals surface area (Å²) in [7, 11) is -2.23. The Bertz CT molecular complexity index is 1080. The molecule has 1 N–H and O–H groups in total. The first kappa shape index (κ1) is 18.7. The number of hydrogen-bond acceptors (Lipinski definition) is 7. The zero-order chi connectivity index (χ0) is 20.3. The summed E-state index contributed by atoms with van der Waals surface area (Å²) < 4.78 is 34.3. The fraction of sp³-hybridized carbons (Fsp3) is 0.471. The molecule has 1 aromatic heterocycles. The molecule has 148 valence electrons. The van der Waals surface area contributed by atoms with E-state index in [2.05, 4.69) is 14.9 Å². The molecule has 0 bridgehead atoms. The van der Waals surface area contributed by atoms with E-state index in [1.165, 1.54) is 29.9 Å². The molecule has 11 heteroatoms. The van der Waals surface area contributed by atoms with E-state index in [0.29, 0.717) is 11.5 Å². The van der Waals surface area contributed by atoms with Gasteiger partial charge in [-0.15, -0.1) is 4.90 Å². The Morgan fingerprint density at radius 2 is 2.07 bits per heavy atom. The summed E-state index contributed by atoms with van der Waals surface area (Å²) in [6.45, 7) is 3.29. The van der Waals surface area contributed by atoms with Crippen LogP contribution in [0.25, 0.3) is 0 Å². The first-order valence-corrected chi connectivity index (χ1v) is 10.3. The molecule has 0 saturated heterocycles. The molecule has 1 unspecified atom stereocenters. The molecule has 2 heterocycles. The average molecular weight is 406 g/mol. The maximum Gasteiger partial charge on any atom is 0.501 e. The second-order valence-electron chi connectivity index (χ2n) is 7.47. The lowest BCUT2D eigenvalue weighted by molar-refractivity contribution is -0.406. The van der Waals surface area contributed by atoms with E-state index >= 15 is 0 Å². The van der Waals surface area contributed by atoms with Gasteiger partial charge in [-0.25, -0.2) is 17.9 Å². The highest BCUT2D eigenvalue weighted by Crippen LogP contribution is 2.36. The first-order valence-electron chi connectivity index (χ1n) is 8.79. The van der Waals surface area contributed by atoms with Crippen LogP contribution in [0.3, 0.4) is 0 Å². The Balaban J connectivity index is 1.66. The van der Waals surface area contributed by atoms with E-state index in [1.54, 1.807) is 6.92 Å². The SMILES string of the molecule is Cc1noc(CN2C(=O)C3C=C(S(=O)(=O)NC4(C)CC4)C=CC3=[N+](C)C2=O)n1. The Morgan fingerprint density at radius 1 is 1.36 bits per heavy atom. The molecule has 0 radical (unpaired) electrons. The van der Waals surface area contributed by atoms with Gasteiger partial charge in [0.2, 0.25) is 10.0 Å². The van der Waals surface area contributed by atoms with Crippen molar-refractivity contribution < 1.29 is 27.1 Å². The van der Waals surface area contributed by atoms with Crippen molar-refractivity contribution in [2.24, 2.45) is 5.92 Å². The van der Waals surface area contributed by atoms with Crippen LogP contribution < -0.4 is 4.72 Å². The summed E-state index contributed by atoms with van der Waals surface area (Å²) >= 11 is 0. The lowest BCUT2D eigenvalue weighted by Crippen LogP contribution is -2.53. The number of imide groups is 1. The molecule has 3 amide bonds. The van der Waals surface area contributed by atoms with Gasteiger partial charge >= 0.3 is 11.9 Å². The number of rotatable bonds is 5. The number of allylic oxidation sites excluding steroid dienone is 2. The summed E-state index contributed by atoms with van der Waals surface area (Å²) in [6.07, 6.45) is 5.84. The van der Waals surface area contributed by atoms with Crippen LogP contribution in [0.5, 0.6) is 0 Å². The monoisotopic (exact) mass is 406 g/mol. The number of amides is 3. The number of fused-ring (bicyclic) bond motifs is 1. The Kier molecular flexibility index (Phi) is 4.12. The van der Waals surface area contributed by atoms with Gasteiger partial charge in [0.1, 0.15) is 11.6 Å². The third-order valence-corrected chi connectivity index (χ3v) is 6.71. The first-order chi connectivity index (χ1) is 13.1.